The third kappa shape index (κ3) is 3.66. The number of nitrogen functional groups attached to an aromatic ring is 1. The smallest absolute Gasteiger partial charge is 0.134 e. The van der Waals surface area contributed by atoms with Gasteiger partial charge in [-0.2, -0.15) is 0 Å². The lowest BCUT2D eigenvalue weighted by Crippen LogP contribution is -2.13. The monoisotopic (exact) mass is 286 g/mol. The van der Waals surface area contributed by atoms with E-state index in [-0.39, 0.29) is 5.84 Å². The molecule has 110 valence electrons. The molecule has 0 amide bonds. The van der Waals surface area contributed by atoms with Gasteiger partial charge in [-0.3, -0.25) is 5.41 Å². The lowest BCUT2D eigenvalue weighted by Gasteiger charge is -2.12. The van der Waals surface area contributed by atoms with Gasteiger partial charge in [0.25, 0.3) is 0 Å². The number of rotatable bonds is 6. The Hall–Kier alpha value is -2.69. The first-order valence-electron chi connectivity index (χ1n) is 6.42. The van der Waals surface area contributed by atoms with Gasteiger partial charge in [-0.05, 0) is 29.8 Å². The highest BCUT2D eigenvalue weighted by Crippen LogP contribution is 2.25. The number of methoxy groups -OCH3 is 2. The van der Waals surface area contributed by atoms with E-state index in [9.17, 15) is 0 Å². The van der Waals surface area contributed by atoms with Crippen molar-refractivity contribution in [3.8, 4) is 17.2 Å². The SMILES string of the molecule is COc1ccc(COc2cc(OC)ccc2C(=N)N)cc1. The molecule has 2 aromatic rings. The first-order chi connectivity index (χ1) is 10.1. The molecule has 0 aliphatic carbocycles. The number of hydrogen-bond acceptors (Lipinski definition) is 4. The maximum Gasteiger partial charge on any atom is 0.134 e. The molecule has 0 aliphatic heterocycles. The molecule has 0 saturated heterocycles. The van der Waals surface area contributed by atoms with E-state index in [0.29, 0.717) is 23.7 Å². The summed E-state index contributed by atoms with van der Waals surface area (Å²) in [7, 11) is 3.21. The summed E-state index contributed by atoms with van der Waals surface area (Å²) in [6.07, 6.45) is 0. The first-order valence-corrected chi connectivity index (χ1v) is 6.42. The number of ether oxygens (including phenoxy) is 3. The van der Waals surface area contributed by atoms with Gasteiger partial charge in [0.15, 0.2) is 0 Å². The minimum atomic E-state index is -0.0395. The molecule has 0 radical (unpaired) electrons. The lowest BCUT2D eigenvalue weighted by molar-refractivity contribution is 0.303. The van der Waals surface area contributed by atoms with Crippen molar-refractivity contribution < 1.29 is 14.2 Å². The van der Waals surface area contributed by atoms with Crippen molar-refractivity contribution >= 4 is 5.84 Å². The minimum absolute atomic E-state index is 0.0395. The lowest BCUT2D eigenvalue weighted by atomic mass is 10.1. The van der Waals surface area contributed by atoms with E-state index in [4.69, 9.17) is 25.4 Å². The van der Waals surface area contributed by atoms with E-state index < -0.39 is 0 Å². The summed E-state index contributed by atoms with van der Waals surface area (Å²) < 4.78 is 16.0. The normalized spacial score (nSPS) is 10.0. The van der Waals surface area contributed by atoms with Gasteiger partial charge in [0.1, 0.15) is 29.7 Å². The van der Waals surface area contributed by atoms with Crippen LogP contribution in [-0.4, -0.2) is 20.1 Å². The molecule has 0 unspecified atom stereocenters. The Morgan fingerprint density at radius 2 is 1.62 bits per heavy atom. The molecule has 2 rings (SSSR count). The van der Waals surface area contributed by atoms with Crippen LogP contribution in [0.1, 0.15) is 11.1 Å². The van der Waals surface area contributed by atoms with Crippen molar-refractivity contribution in [1.29, 1.82) is 5.41 Å². The molecule has 0 fully saturated rings. The van der Waals surface area contributed by atoms with Crippen LogP contribution in [0.25, 0.3) is 0 Å². The predicted molar refractivity (Wildman–Crippen MR) is 81.3 cm³/mol. The van der Waals surface area contributed by atoms with Gasteiger partial charge < -0.3 is 19.9 Å². The van der Waals surface area contributed by atoms with Crippen molar-refractivity contribution in [2.24, 2.45) is 5.73 Å². The maximum atomic E-state index is 7.58. The Labute approximate surface area is 123 Å². The zero-order chi connectivity index (χ0) is 15.2. The van der Waals surface area contributed by atoms with Crippen molar-refractivity contribution in [2.75, 3.05) is 14.2 Å². The quantitative estimate of drug-likeness (QED) is 0.632. The van der Waals surface area contributed by atoms with Crippen LogP contribution in [0.3, 0.4) is 0 Å². The molecule has 0 atom stereocenters. The van der Waals surface area contributed by atoms with E-state index in [1.807, 2.05) is 24.3 Å². The van der Waals surface area contributed by atoms with Gasteiger partial charge in [0, 0.05) is 6.07 Å². The summed E-state index contributed by atoms with van der Waals surface area (Å²) in [5.74, 6) is 1.94. The highest BCUT2D eigenvalue weighted by atomic mass is 16.5. The third-order valence-electron chi connectivity index (χ3n) is 3.03. The second-order valence-corrected chi connectivity index (χ2v) is 4.41. The van der Waals surface area contributed by atoms with Gasteiger partial charge in [-0.25, -0.2) is 0 Å². The Morgan fingerprint density at radius 1 is 1.00 bits per heavy atom. The molecule has 5 heteroatoms. The molecule has 2 aromatic carbocycles. The molecule has 0 bridgehead atoms. The van der Waals surface area contributed by atoms with Crippen LogP contribution < -0.4 is 19.9 Å². The fourth-order valence-electron chi connectivity index (χ4n) is 1.85. The Balaban J connectivity index is 2.15. The fraction of sp³-hybridized carbons (Fsp3) is 0.188. The summed E-state index contributed by atoms with van der Waals surface area (Å²) in [5.41, 5.74) is 7.10. The molecule has 0 heterocycles. The zero-order valence-electron chi connectivity index (χ0n) is 12.1. The number of amidine groups is 1. The highest BCUT2D eigenvalue weighted by Gasteiger charge is 2.09. The van der Waals surface area contributed by atoms with Crippen LogP contribution >= 0.6 is 0 Å². The van der Waals surface area contributed by atoms with E-state index >= 15 is 0 Å². The number of benzene rings is 2. The van der Waals surface area contributed by atoms with Gasteiger partial charge in [0.05, 0.1) is 19.8 Å². The number of hydrogen-bond donors (Lipinski definition) is 2. The zero-order valence-corrected chi connectivity index (χ0v) is 12.1. The van der Waals surface area contributed by atoms with Crippen LogP contribution in [0.5, 0.6) is 17.2 Å². The van der Waals surface area contributed by atoms with E-state index in [2.05, 4.69) is 0 Å². The topological polar surface area (TPSA) is 77.6 Å². The summed E-state index contributed by atoms with van der Waals surface area (Å²) in [4.78, 5) is 0. The third-order valence-corrected chi connectivity index (χ3v) is 3.03. The minimum Gasteiger partial charge on any atom is -0.497 e. The van der Waals surface area contributed by atoms with Crippen molar-refractivity contribution in [3.05, 3.63) is 53.6 Å². The van der Waals surface area contributed by atoms with Crippen LogP contribution in [-0.2, 0) is 6.61 Å². The molecule has 0 aromatic heterocycles. The van der Waals surface area contributed by atoms with Crippen molar-refractivity contribution in [1.82, 2.24) is 0 Å². The largest absolute Gasteiger partial charge is 0.497 e. The van der Waals surface area contributed by atoms with E-state index in [1.165, 1.54) is 0 Å². The summed E-state index contributed by atoms with van der Waals surface area (Å²) in [6.45, 7) is 0.372. The molecular formula is C16H18N2O3. The van der Waals surface area contributed by atoms with E-state index in [0.717, 1.165) is 11.3 Å². The highest BCUT2D eigenvalue weighted by molar-refractivity contribution is 5.97. The summed E-state index contributed by atoms with van der Waals surface area (Å²) in [5, 5.41) is 7.58. The second-order valence-electron chi connectivity index (χ2n) is 4.41. The van der Waals surface area contributed by atoms with Gasteiger partial charge in [-0.1, -0.05) is 12.1 Å². The number of nitrogens with two attached hydrogens (primary N) is 1. The second kappa shape index (κ2) is 6.65. The molecular weight excluding hydrogens is 268 g/mol. The molecule has 5 nitrogen and oxygen atoms in total. The number of nitrogens with one attached hydrogen (secondary N) is 1. The summed E-state index contributed by atoms with van der Waals surface area (Å²) >= 11 is 0. The van der Waals surface area contributed by atoms with E-state index in [1.54, 1.807) is 32.4 Å². The van der Waals surface area contributed by atoms with Crippen LogP contribution in [0.2, 0.25) is 0 Å². The average Bonchev–Trinajstić information content (AvgIpc) is 2.52. The Morgan fingerprint density at radius 3 is 2.19 bits per heavy atom. The first kappa shape index (κ1) is 14.7. The molecule has 0 saturated carbocycles. The predicted octanol–water partition coefficient (Wildman–Crippen LogP) is 2.57. The fourth-order valence-corrected chi connectivity index (χ4v) is 1.85. The maximum absolute atomic E-state index is 7.58. The van der Waals surface area contributed by atoms with Crippen molar-refractivity contribution in [2.45, 2.75) is 6.61 Å². The van der Waals surface area contributed by atoms with Gasteiger partial charge in [-0.15, -0.1) is 0 Å². The molecule has 3 N–H and O–H groups in total. The Kier molecular flexibility index (Phi) is 4.66. The molecule has 21 heavy (non-hydrogen) atoms. The van der Waals surface area contributed by atoms with Gasteiger partial charge in [0.2, 0.25) is 0 Å². The van der Waals surface area contributed by atoms with Crippen molar-refractivity contribution in [3.63, 3.8) is 0 Å². The molecule has 0 spiro atoms. The Bertz CT molecular complexity index is 624. The van der Waals surface area contributed by atoms with Gasteiger partial charge >= 0.3 is 0 Å². The standard InChI is InChI=1S/C16H18N2O3/c1-19-12-5-3-11(4-6-12)10-21-15-9-13(20-2)7-8-14(15)16(17)18/h3-9H,10H2,1-2H3,(H3,17,18). The summed E-state index contributed by atoms with van der Waals surface area (Å²) in [6, 6.07) is 12.8. The average molecular weight is 286 g/mol. The van der Waals surface area contributed by atoms with Crippen LogP contribution in [0, 0.1) is 5.41 Å². The van der Waals surface area contributed by atoms with Crippen LogP contribution in [0.15, 0.2) is 42.5 Å². The van der Waals surface area contributed by atoms with Crippen LogP contribution in [0.4, 0.5) is 0 Å². The molecule has 0 aliphatic rings.